The molecule has 1 aliphatic carbocycles. The van der Waals surface area contributed by atoms with Gasteiger partial charge in [0.1, 0.15) is 0 Å². The zero-order valence-corrected chi connectivity index (χ0v) is 8.64. The summed E-state index contributed by atoms with van der Waals surface area (Å²) >= 11 is 0. The molecular formula is C11H22O. The first-order chi connectivity index (χ1) is 5.55. The lowest BCUT2D eigenvalue weighted by molar-refractivity contribution is 0.0549. The monoisotopic (exact) mass is 170 g/mol. The van der Waals surface area contributed by atoms with Crippen LogP contribution in [0.25, 0.3) is 0 Å². The summed E-state index contributed by atoms with van der Waals surface area (Å²) in [4.78, 5) is 0. The second kappa shape index (κ2) is 3.78. The molecule has 0 radical (unpaired) electrons. The topological polar surface area (TPSA) is 20.2 Å². The lowest BCUT2D eigenvalue weighted by Crippen LogP contribution is -2.28. The van der Waals surface area contributed by atoms with E-state index in [1.165, 1.54) is 25.7 Å². The first kappa shape index (κ1) is 10.0. The van der Waals surface area contributed by atoms with Gasteiger partial charge in [-0.25, -0.2) is 0 Å². The summed E-state index contributed by atoms with van der Waals surface area (Å²) in [6, 6.07) is 0. The normalized spacial score (nSPS) is 27.0. The van der Waals surface area contributed by atoms with Gasteiger partial charge in [0.2, 0.25) is 0 Å². The molecule has 1 N–H and O–H groups in total. The highest BCUT2D eigenvalue weighted by Gasteiger charge is 2.29. The van der Waals surface area contributed by atoms with Gasteiger partial charge in [0.15, 0.2) is 0 Å². The fraction of sp³-hybridized carbons (Fsp3) is 1.00. The van der Waals surface area contributed by atoms with Crippen LogP contribution in [0.3, 0.4) is 0 Å². The molecule has 1 unspecified atom stereocenters. The van der Waals surface area contributed by atoms with Crippen molar-refractivity contribution in [2.24, 2.45) is 11.3 Å². The molecule has 0 heterocycles. The second-order valence-electron chi connectivity index (χ2n) is 4.98. The standard InChI is InChI=1S/C11H22O/c1-4-10(12)9-5-7-11(2,3)8-6-9/h9-10,12H,4-8H2,1-3H3. The average Bonchev–Trinajstić information content (AvgIpc) is 2.03. The minimum absolute atomic E-state index is 0.0406. The van der Waals surface area contributed by atoms with Gasteiger partial charge in [0, 0.05) is 0 Å². The summed E-state index contributed by atoms with van der Waals surface area (Å²) in [6.07, 6.45) is 5.90. The van der Waals surface area contributed by atoms with E-state index < -0.39 is 0 Å². The van der Waals surface area contributed by atoms with Crippen molar-refractivity contribution in [2.75, 3.05) is 0 Å². The molecule has 1 fully saturated rings. The summed E-state index contributed by atoms with van der Waals surface area (Å²) in [5, 5.41) is 9.65. The Morgan fingerprint density at radius 2 is 1.83 bits per heavy atom. The molecule has 0 aromatic carbocycles. The van der Waals surface area contributed by atoms with Crippen LogP contribution in [0.1, 0.15) is 52.9 Å². The fourth-order valence-electron chi connectivity index (χ4n) is 2.14. The molecule has 72 valence electrons. The van der Waals surface area contributed by atoms with Crippen molar-refractivity contribution in [1.29, 1.82) is 0 Å². The number of hydrogen-bond donors (Lipinski definition) is 1. The van der Waals surface area contributed by atoms with E-state index >= 15 is 0 Å². The van der Waals surface area contributed by atoms with Crippen LogP contribution >= 0.6 is 0 Å². The maximum Gasteiger partial charge on any atom is 0.0565 e. The molecule has 0 aliphatic heterocycles. The molecule has 1 heteroatoms. The van der Waals surface area contributed by atoms with Gasteiger partial charge in [-0.3, -0.25) is 0 Å². The number of hydrogen-bond acceptors (Lipinski definition) is 1. The van der Waals surface area contributed by atoms with Crippen molar-refractivity contribution in [3.05, 3.63) is 0 Å². The van der Waals surface area contributed by atoms with Crippen LogP contribution in [-0.2, 0) is 0 Å². The highest BCUT2D eigenvalue weighted by Crippen LogP contribution is 2.39. The van der Waals surface area contributed by atoms with Crippen LogP contribution in [0.2, 0.25) is 0 Å². The number of rotatable bonds is 2. The Hall–Kier alpha value is -0.0400. The summed E-state index contributed by atoms with van der Waals surface area (Å²) in [7, 11) is 0. The third-order valence-corrected chi connectivity index (χ3v) is 3.35. The maximum absolute atomic E-state index is 9.65. The van der Waals surface area contributed by atoms with Crippen LogP contribution in [0.15, 0.2) is 0 Å². The Morgan fingerprint density at radius 3 is 2.25 bits per heavy atom. The average molecular weight is 170 g/mol. The van der Waals surface area contributed by atoms with E-state index in [1.54, 1.807) is 0 Å². The number of aliphatic hydroxyl groups is 1. The zero-order chi connectivity index (χ0) is 9.19. The van der Waals surface area contributed by atoms with Crippen molar-refractivity contribution < 1.29 is 5.11 Å². The van der Waals surface area contributed by atoms with E-state index in [0.717, 1.165) is 6.42 Å². The van der Waals surface area contributed by atoms with Gasteiger partial charge in [0.05, 0.1) is 6.10 Å². The molecule has 0 amide bonds. The second-order valence-corrected chi connectivity index (χ2v) is 4.98. The lowest BCUT2D eigenvalue weighted by atomic mass is 9.71. The third-order valence-electron chi connectivity index (χ3n) is 3.35. The Kier molecular flexibility index (Phi) is 3.16. The fourth-order valence-corrected chi connectivity index (χ4v) is 2.14. The van der Waals surface area contributed by atoms with Crippen molar-refractivity contribution in [2.45, 2.75) is 59.0 Å². The summed E-state index contributed by atoms with van der Waals surface area (Å²) in [5.41, 5.74) is 0.532. The predicted octanol–water partition coefficient (Wildman–Crippen LogP) is 2.97. The smallest absolute Gasteiger partial charge is 0.0565 e. The Morgan fingerprint density at radius 1 is 1.33 bits per heavy atom. The molecule has 1 atom stereocenters. The van der Waals surface area contributed by atoms with E-state index in [1.807, 2.05) is 0 Å². The first-order valence-electron chi connectivity index (χ1n) is 5.23. The Balaban J connectivity index is 2.36. The maximum atomic E-state index is 9.65. The molecule has 1 rings (SSSR count). The molecule has 12 heavy (non-hydrogen) atoms. The Bertz CT molecular complexity index is 130. The van der Waals surface area contributed by atoms with Gasteiger partial charge in [-0.15, -0.1) is 0 Å². The predicted molar refractivity (Wildman–Crippen MR) is 52.0 cm³/mol. The number of aliphatic hydroxyl groups excluding tert-OH is 1. The van der Waals surface area contributed by atoms with Crippen LogP contribution < -0.4 is 0 Å². The quantitative estimate of drug-likeness (QED) is 0.675. The largest absolute Gasteiger partial charge is 0.393 e. The molecule has 0 aromatic rings. The van der Waals surface area contributed by atoms with E-state index in [2.05, 4.69) is 20.8 Å². The zero-order valence-electron chi connectivity index (χ0n) is 8.64. The molecule has 0 bridgehead atoms. The lowest BCUT2D eigenvalue weighted by Gasteiger charge is -2.36. The molecule has 0 saturated heterocycles. The van der Waals surface area contributed by atoms with Crippen LogP contribution in [0.4, 0.5) is 0 Å². The summed E-state index contributed by atoms with van der Waals surface area (Å²) < 4.78 is 0. The molecule has 0 aromatic heterocycles. The van der Waals surface area contributed by atoms with Crippen molar-refractivity contribution in [1.82, 2.24) is 0 Å². The van der Waals surface area contributed by atoms with E-state index in [9.17, 15) is 5.11 Å². The van der Waals surface area contributed by atoms with Crippen LogP contribution in [-0.4, -0.2) is 11.2 Å². The molecule has 0 spiro atoms. The third kappa shape index (κ3) is 2.48. The van der Waals surface area contributed by atoms with Crippen molar-refractivity contribution in [3.63, 3.8) is 0 Å². The van der Waals surface area contributed by atoms with E-state index in [-0.39, 0.29) is 6.10 Å². The van der Waals surface area contributed by atoms with Gasteiger partial charge in [-0.05, 0) is 43.4 Å². The van der Waals surface area contributed by atoms with E-state index in [0.29, 0.717) is 11.3 Å². The summed E-state index contributed by atoms with van der Waals surface area (Å²) in [6.45, 7) is 6.74. The molecule has 1 saturated carbocycles. The SMILES string of the molecule is CCC(O)C1CCC(C)(C)CC1. The van der Waals surface area contributed by atoms with Gasteiger partial charge in [-0.2, -0.15) is 0 Å². The highest BCUT2D eigenvalue weighted by molar-refractivity contribution is 4.81. The van der Waals surface area contributed by atoms with Gasteiger partial charge < -0.3 is 5.11 Å². The van der Waals surface area contributed by atoms with Crippen LogP contribution in [0.5, 0.6) is 0 Å². The molecule has 1 nitrogen and oxygen atoms in total. The first-order valence-corrected chi connectivity index (χ1v) is 5.23. The minimum Gasteiger partial charge on any atom is -0.393 e. The minimum atomic E-state index is -0.0406. The van der Waals surface area contributed by atoms with Gasteiger partial charge in [0.25, 0.3) is 0 Å². The Labute approximate surface area is 76.2 Å². The van der Waals surface area contributed by atoms with Crippen LogP contribution in [0, 0.1) is 11.3 Å². The van der Waals surface area contributed by atoms with E-state index in [4.69, 9.17) is 0 Å². The highest BCUT2D eigenvalue weighted by atomic mass is 16.3. The van der Waals surface area contributed by atoms with Gasteiger partial charge >= 0.3 is 0 Å². The van der Waals surface area contributed by atoms with Crippen molar-refractivity contribution >= 4 is 0 Å². The molecule has 1 aliphatic rings. The van der Waals surface area contributed by atoms with Gasteiger partial charge in [-0.1, -0.05) is 20.8 Å². The molecular weight excluding hydrogens is 148 g/mol. The van der Waals surface area contributed by atoms with Crippen molar-refractivity contribution in [3.8, 4) is 0 Å². The summed E-state index contributed by atoms with van der Waals surface area (Å²) in [5.74, 6) is 0.586.